The van der Waals surface area contributed by atoms with Crippen molar-refractivity contribution in [1.29, 1.82) is 0 Å². The van der Waals surface area contributed by atoms with Crippen LogP contribution in [0.3, 0.4) is 0 Å². The highest BCUT2D eigenvalue weighted by molar-refractivity contribution is 4.83. The second-order valence-corrected chi connectivity index (χ2v) is 4.72. The van der Waals surface area contributed by atoms with Gasteiger partial charge in [-0.05, 0) is 32.2 Å². The van der Waals surface area contributed by atoms with Crippen molar-refractivity contribution >= 4 is 0 Å². The molecule has 17 heavy (non-hydrogen) atoms. The molecule has 1 saturated carbocycles. The quantitative estimate of drug-likeness (QED) is 0.758. The normalized spacial score (nSPS) is 30.4. The minimum Gasteiger partial charge on any atom is -0.381 e. The average molecular weight is 243 g/mol. The summed E-state index contributed by atoms with van der Waals surface area (Å²) in [5.74, 6) is 0. The van der Waals surface area contributed by atoms with Gasteiger partial charge in [-0.1, -0.05) is 20.8 Å². The van der Waals surface area contributed by atoms with Crippen LogP contribution in [0.25, 0.3) is 0 Å². The number of nitrogens with zero attached hydrogens (tertiary/aromatic N) is 1. The summed E-state index contributed by atoms with van der Waals surface area (Å²) in [6, 6.07) is 0. The Bertz CT molecular complexity index is 185. The number of methoxy groups -OCH3 is 1. The van der Waals surface area contributed by atoms with Crippen LogP contribution in [0.4, 0.5) is 0 Å². The van der Waals surface area contributed by atoms with E-state index in [0.717, 1.165) is 12.8 Å². The summed E-state index contributed by atoms with van der Waals surface area (Å²) in [6.07, 6.45) is 6.08. The van der Waals surface area contributed by atoms with Crippen molar-refractivity contribution in [1.82, 2.24) is 4.90 Å². The number of ether oxygens (including phenoxy) is 2. The van der Waals surface area contributed by atoms with E-state index in [4.69, 9.17) is 9.47 Å². The number of piperidine rings is 1. The Labute approximate surface area is 106 Å². The first-order chi connectivity index (χ1) is 8.31. The molecule has 1 aliphatic heterocycles. The molecule has 102 valence electrons. The topological polar surface area (TPSA) is 21.7 Å². The maximum absolute atomic E-state index is 6.05. The number of likely N-dealkylation sites (tertiary alicyclic amines) is 1. The van der Waals surface area contributed by atoms with Crippen molar-refractivity contribution in [2.45, 2.75) is 64.8 Å². The van der Waals surface area contributed by atoms with E-state index >= 15 is 0 Å². The Morgan fingerprint density at radius 2 is 1.59 bits per heavy atom. The number of hydrogen-bond acceptors (Lipinski definition) is 3. The van der Waals surface area contributed by atoms with E-state index in [0.29, 0.717) is 18.3 Å². The van der Waals surface area contributed by atoms with E-state index in [9.17, 15) is 0 Å². The van der Waals surface area contributed by atoms with Gasteiger partial charge >= 0.3 is 0 Å². The Morgan fingerprint density at radius 1 is 1.00 bits per heavy atom. The predicted octanol–water partition coefficient (Wildman–Crippen LogP) is 2.69. The highest BCUT2D eigenvalue weighted by Crippen LogP contribution is 2.28. The van der Waals surface area contributed by atoms with Gasteiger partial charge in [-0.3, -0.25) is 0 Å². The highest BCUT2D eigenvalue weighted by Gasteiger charge is 2.32. The van der Waals surface area contributed by atoms with Crippen LogP contribution in [0.1, 0.15) is 46.5 Å². The van der Waals surface area contributed by atoms with Crippen LogP contribution in [0, 0.1) is 0 Å². The monoisotopic (exact) mass is 243 g/mol. The molecule has 0 aromatic rings. The Kier molecular flexibility index (Phi) is 7.09. The van der Waals surface area contributed by atoms with Crippen molar-refractivity contribution in [3.63, 3.8) is 0 Å². The van der Waals surface area contributed by atoms with Gasteiger partial charge in [0.1, 0.15) is 0 Å². The molecule has 1 saturated heterocycles. The first kappa shape index (κ1) is 14.9. The van der Waals surface area contributed by atoms with Crippen LogP contribution in [0.15, 0.2) is 0 Å². The molecule has 0 N–H and O–H groups in total. The minimum absolute atomic E-state index is 0.464. The third kappa shape index (κ3) is 4.57. The minimum atomic E-state index is 0.464. The number of rotatable bonds is 4. The van der Waals surface area contributed by atoms with E-state index in [1.165, 1.54) is 32.5 Å². The molecule has 0 unspecified atom stereocenters. The SMILES string of the molecule is CC.CCN1CCC(OC2CC(OC)C2)CC1. The van der Waals surface area contributed by atoms with E-state index in [-0.39, 0.29) is 0 Å². The van der Waals surface area contributed by atoms with Crippen molar-refractivity contribution < 1.29 is 9.47 Å². The first-order valence-electron chi connectivity index (χ1n) is 7.22. The van der Waals surface area contributed by atoms with E-state index < -0.39 is 0 Å². The van der Waals surface area contributed by atoms with Crippen molar-refractivity contribution in [3.8, 4) is 0 Å². The molecule has 3 heteroatoms. The maximum atomic E-state index is 6.05. The zero-order valence-electron chi connectivity index (χ0n) is 11.9. The van der Waals surface area contributed by atoms with Crippen molar-refractivity contribution in [3.05, 3.63) is 0 Å². The third-order valence-electron chi connectivity index (χ3n) is 3.75. The smallest absolute Gasteiger partial charge is 0.0628 e. The molecule has 0 atom stereocenters. The van der Waals surface area contributed by atoms with Gasteiger partial charge in [-0.2, -0.15) is 0 Å². The lowest BCUT2D eigenvalue weighted by atomic mass is 9.91. The summed E-state index contributed by atoms with van der Waals surface area (Å²) in [5, 5.41) is 0. The highest BCUT2D eigenvalue weighted by atomic mass is 16.5. The Morgan fingerprint density at radius 3 is 2.06 bits per heavy atom. The van der Waals surface area contributed by atoms with Gasteiger partial charge in [0.15, 0.2) is 0 Å². The van der Waals surface area contributed by atoms with Crippen LogP contribution in [-0.4, -0.2) is 50.0 Å². The molecule has 0 bridgehead atoms. The van der Waals surface area contributed by atoms with Gasteiger partial charge in [0.25, 0.3) is 0 Å². The van der Waals surface area contributed by atoms with Gasteiger partial charge < -0.3 is 14.4 Å². The summed E-state index contributed by atoms with van der Waals surface area (Å²) in [6.45, 7) is 9.83. The summed E-state index contributed by atoms with van der Waals surface area (Å²) in [7, 11) is 1.79. The predicted molar refractivity (Wildman–Crippen MR) is 71.4 cm³/mol. The second kappa shape index (κ2) is 8.06. The fraction of sp³-hybridized carbons (Fsp3) is 1.00. The summed E-state index contributed by atoms with van der Waals surface area (Å²) in [5.41, 5.74) is 0. The Hall–Kier alpha value is -0.120. The average Bonchev–Trinajstić information content (AvgIpc) is 2.36. The van der Waals surface area contributed by atoms with E-state index in [1.54, 1.807) is 7.11 Å². The molecule has 1 aliphatic carbocycles. The van der Waals surface area contributed by atoms with Gasteiger partial charge in [0.05, 0.1) is 18.3 Å². The second-order valence-electron chi connectivity index (χ2n) is 4.72. The third-order valence-corrected chi connectivity index (χ3v) is 3.75. The van der Waals surface area contributed by atoms with Crippen LogP contribution < -0.4 is 0 Å². The number of hydrogen-bond donors (Lipinski definition) is 0. The van der Waals surface area contributed by atoms with Crippen LogP contribution in [-0.2, 0) is 9.47 Å². The zero-order valence-corrected chi connectivity index (χ0v) is 11.9. The van der Waals surface area contributed by atoms with Crippen LogP contribution >= 0.6 is 0 Å². The summed E-state index contributed by atoms with van der Waals surface area (Å²) < 4.78 is 11.3. The molecule has 3 nitrogen and oxygen atoms in total. The molecule has 2 rings (SSSR count). The van der Waals surface area contributed by atoms with Crippen LogP contribution in [0.2, 0.25) is 0 Å². The summed E-state index contributed by atoms with van der Waals surface area (Å²) in [4.78, 5) is 2.50. The molecular weight excluding hydrogens is 214 g/mol. The molecule has 2 aliphatic rings. The zero-order chi connectivity index (χ0) is 12.7. The lowest BCUT2D eigenvalue weighted by Gasteiger charge is -2.39. The van der Waals surface area contributed by atoms with Crippen molar-refractivity contribution in [2.75, 3.05) is 26.7 Å². The first-order valence-corrected chi connectivity index (χ1v) is 7.22. The lowest BCUT2D eigenvalue weighted by molar-refractivity contribution is -0.126. The molecule has 0 aromatic carbocycles. The van der Waals surface area contributed by atoms with Gasteiger partial charge in [0, 0.05) is 20.2 Å². The standard InChI is InChI=1S/C12H23NO2.C2H6/c1-3-13-6-4-10(5-7-13)15-12-8-11(9-12)14-2;1-2/h10-12H,3-9H2,1-2H3;1-2H3. The lowest BCUT2D eigenvalue weighted by Crippen LogP contribution is -2.43. The Balaban J connectivity index is 0.000000686. The fourth-order valence-electron chi connectivity index (χ4n) is 2.45. The molecule has 2 fully saturated rings. The van der Waals surface area contributed by atoms with Gasteiger partial charge in [-0.15, -0.1) is 0 Å². The van der Waals surface area contributed by atoms with Crippen LogP contribution in [0.5, 0.6) is 0 Å². The van der Waals surface area contributed by atoms with Crippen molar-refractivity contribution in [2.24, 2.45) is 0 Å². The largest absolute Gasteiger partial charge is 0.381 e. The molecular formula is C14H29NO2. The van der Waals surface area contributed by atoms with Gasteiger partial charge in [0.2, 0.25) is 0 Å². The molecule has 0 spiro atoms. The molecule has 0 amide bonds. The maximum Gasteiger partial charge on any atom is 0.0628 e. The van der Waals surface area contributed by atoms with E-state index in [2.05, 4.69) is 11.8 Å². The fourth-order valence-corrected chi connectivity index (χ4v) is 2.45. The molecule has 0 aromatic heterocycles. The van der Waals surface area contributed by atoms with Gasteiger partial charge in [-0.25, -0.2) is 0 Å². The molecule has 0 radical (unpaired) electrons. The summed E-state index contributed by atoms with van der Waals surface area (Å²) >= 11 is 0. The van der Waals surface area contributed by atoms with E-state index in [1.807, 2.05) is 13.8 Å². The molecule has 1 heterocycles.